The quantitative estimate of drug-likeness (QED) is 0.691. The summed E-state index contributed by atoms with van der Waals surface area (Å²) < 4.78 is 0. The summed E-state index contributed by atoms with van der Waals surface area (Å²) in [5.74, 6) is 0. The molecule has 0 unspecified atom stereocenters. The lowest BCUT2D eigenvalue weighted by molar-refractivity contribution is 0.948. The summed E-state index contributed by atoms with van der Waals surface area (Å²) in [6, 6.07) is 14.6. The molecule has 0 N–H and O–H groups in total. The van der Waals surface area contributed by atoms with Gasteiger partial charge in [0.05, 0.1) is 0 Å². The maximum atomic E-state index is 6.34. The molecule has 0 heterocycles. The Morgan fingerprint density at radius 3 is 2.37 bits per heavy atom. The molecule has 1 heteroatoms. The molecule has 0 aliphatic heterocycles. The van der Waals surface area contributed by atoms with Crippen molar-refractivity contribution in [2.24, 2.45) is 0 Å². The van der Waals surface area contributed by atoms with E-state index >= 15 is 0 Å². The zero-order chi connectivity index (χ0) is 13.8. The number of hydrogen-bond acceptors (Lipinski definition) is 0. The van der Waals surface area contributed by atoms with Crippen LogP contribution in [0.25, 0.3) is 5.57 Å². The van der Waals surface area contributed by atoms with Crippen LogP contribution < -0.4 is 0 Å². The summed E-state index contributed by atoms with van der Waals surface area (Å²) >= 11 is 6.34. The van der Waals surface area contributed by atoms with E-state index in [1.54, 1.807) is 0 Å². The Balaban J connectivity index is 2.25. The average Bonchev–Trinajstić information content (AvgIpc) is 2.39. The number of rotatable bonds is 4. The van der Waals surface area contributed by atoms with Gasteiger partial charge in [0.2, 0.25) is 0 Å². The Morgan fingerprint density at radius 2 is 1.74 bits per heavy atom. The molecule has 0 bridgehead atoms. The molecule has 0 aromatic heterocycles. The maximum Gasteiger partial charge on any atom is 0.0441 e. The first-order chi connectivity index (χ1) is 9.09. The van der Waals surface area contributed by atoms with Crippen molar-refractivity contribution in [2.75, 3.05) is 0 Å². The Morgan fingerprint density at radius 1 is 1.05 bits per heavy atom. The number of allylic oxidation sites excluding steroid dienone is 1. The molecular weight excluding hydrogens is 252 g/mol. The fourth-order valence-corrected chi connectivity index (χ4v) is 2.71. The average molecular weight is 271 g/mol. The normalized spacial score (nSPS) is 10.5. The molecule has 2 aromatic carbocycles. The Kier molecular flexibility index (Phi) is 4.44. The van der Waals surface area contributed by atoms with Crippen molar-refractivity contribution in [1.29, 1.82) is 0 Å². The third kappa shape index (κ3) is 3.27. The van der Waals surface area contributed by atoms with Crippen molar-refractivity contribution in [3.8, 4) is 0 Å². The van der Waals surface area contributed by atoms with E-state index in [9.17, 15) is 0 Å². The second-order valence-corrected chi connectivity index (χ2v) is 5.37. The summed E-state index contributed by atoms with van der Waals surface area (Å²) in [4.78, 5) is 0. The first kappa shape index (κ1) is 13.9. The van der Waals surface area contributed by atoms with Crippen molar-refractivity contribution in [3.63, 3.8) is 0 Å². The molecule has 0 radical (unpaired) electrons. The van der Waals surface area contributed by atoms with Crippen LogP contribution in [0.1, 0.15) is 29.2 Å². The number of hydrogen-bond donors (Lipinski definition) is 0. The molecule has 0 spiro atoms. The lowest BCUT2D eigenvalue weighted by Gasteiger charge is -2.13. The van der Waals surface area contributed by atoms with Crippen LogP contribution in [0.3, 0.4) is 0 Å². The van der Waals surface area contributed by atoms with Crippen molar-refractivity contribution in [3.05, 3.63) is 76.3 Å². The van der Waals surface area contributed by atoms with Gasteiger partial charge >= 0.3 is 0 Å². The summed E-state index contributed by atoms with van der Waals surface area (Å²) in [5, 5.41) is 0.860. The molecule has 2 aromatic rings. The lowest BCUT2D eigenvalue weighted by Crippen LogP contribution is -1.98. The first-order valence-electron chi connectivity index (χ1n) is 6.57. The van der Waals surface area contributed by atoms with E-state index in [1.807, 2.05) is 19.1 Å². The largest absolute Gasteiger partial charge is 0.0955 e. The van der Waals surface area contributed by atoms with Gasteiger partial charge < -0.3 is 0 Å². The van der Waals surface area contributed by atoms with Crippen molar-refractivity contribution >= 4 is 17.2 Å². The molecule has 0 saturated heterocycles. The molecule has 0 fully saturated rings. The highest BCUT2D eigenvalue weighted by atomic mass is 35.5. The van der Waals surface area contributed by atoms with E-state index in [4.69, 9.17) is 11.6 Å². The topological polar surface area (TPSA) is 0 Å². The minimum Gasteiger partial charge on any atom is -0.0955 e. The van der Waals surface area contributed by atoms with Crippen molar-refractivity contribution < 1.29 is 0 Å². The Bertz CT molecular complexity index is 582. The summed E-state index contributed by atoms with van der Waals surface area (Å²) in [5.41, 5.74) is 6.16. The lowest BCUT2D eigenvalue weighted by atomic mass is 9.94. The minimum absolute atomic E-state index is 0.860. The predicted octanol–water partition coefficient (Wildman–Crippen LogP) is 5.47. The molecule has 0 atom stereocenters. The van der Waals surface area contributed by atoms with E-state index in [0.29, 0.717) is 0 Å². The van der Waals surface area contributed by atoms with Crippen LogP contribution >= 0.6 is 11.6 Å². The molecule has 19 heavy (non-hydrogen) atoms. The number of aryl methyl sites for hydroxylation is 1. The first-order valence-corrected chi connectivity index (χ1v) is 6.95. The summed E-state index contributed by atoms with van der Waals surface area (Å²) in [6.07, 6.45) is 1.98. The molecule has 0 nitrogen and oxygen atoms in total. The van der Waals surface area contributed by atoms with E-state index in [2.05, 4.69) is 43.8 Å². The highest BCUT2D eigenvalue weighted by Gasteiger charge is 2.09. The van der Waals surface area contributed by atoms with Crippen LogP contribution in [0.5, 0.6) is 0 Å². The van der Waals surface area contributed by atoms with Gasteiger partial charge in [-0.05, 0) is 55.0 Å². The Labute approximate surface area is 120 Å². The van der Waals surface area contributed by atoms with Gasteiger partial charge in [-0.1, -0.05) is 60.2 Å². The van der Waals surface area contributed by atoms with Gasteiger partial charge in [0.15, 0.2) is 0 Å². The SMILES string of the molecule is C=C(C)c1ccc(Cl)c(CCc2ccccc2)c1C. The van der Waals surface area contributed by atoms with Crippen LogP contribution in [0.2, 0.25) is 5.02 Å². The van der Waals surface area contributed by atoms with Crippen LogP contribution in [-0.4, -0.2) is 0 Å². The second-order valence-electron chi connectivity index (χ2n) is 4.96. The fraction of sp³-hybridized carbons (Fsp3) is 0.222. The second kappa shape index (κ2) is 6.08. The number of halogens is 1. The van der Waals surface area contributed by atoms with Gasteiger partial charge in [-0.25, -0.2) is 0 Å². The molecule has 0 saturated carbocycles. The van der Waals surface area contributed by atoms with Gasteiger partial charge in [0.25, 0.3) is 0 Å². The van der Waals surface area contributed by atoms with Crippen molar-refractivity contribution in [1.82, 2.24) is 0 Å². The third-order valence-electron chi connectivity index (χ3n) is 3.51. The van der Waals surface area contributed by atoms with E-state index in [-0.39, 0.29) is 0 Å². The zero-order valence-corrected chi connectivity index (χ0v) is 12.3. The van der Waals surface area contributed by atoms with Crippen LogP contribution in [-0.2, 0) is 12.8 Å². The smallest absolute Gasteiger partial charge is 0.0441 e. The van der Waals surface area contributed by atoms with Crippen molar-refractivity contribution in [2.45, 2.75) is 26.7 Å². The van der Waals surface area contributed by atoms with Crippen LogP contribution in [0, 0.1) is 6.92 Å². The van der Waals surface area contributed by atoms with Crippen LogP contribution in [0.15, 0.2) is 49.0 Å². The van der Waals surface area contributed by atoms with E-state index < -0.39 is 0 Å². The van der Waals surface area contributed by atoms with Gasteiger partial charge in [0.1, 0.15) is 0 Å². The molecule has 0 aliphatic rings. The minimum atomic E-state index is 0.860. The Hall–Kier alpha value is -1.53. The highest BCUT2D eigenvalue weighted by Crippen LogP contribution is 2.27. The fourth-order valence-electron chi connectivity index (χ4n) is 2.41. The molecular formula is C18H19Cl. The summed E-state index contributed by atoms with van der Waals surface area (Å²) in [7, 11) is 0. The predicted molar refractivity (Wildman–Crippen MR) is 84.7 cm³/mol. The molecule has 0 amide bonds. The molecule has 0 aliphatic carbocycles. The van der Waals surface area contributed by atoms with Gasteiger partial charge in [-0.2, -0.15) is 0 Å². The summed E-state index contributed by atoms with van der Waals surface area (Å²) in [6.45, 7) is 8.21. The van der Waals surface area contributed by atoms with E-state index in [1.165, 1.54) is 22.3 Å². The highest BCUT2D eigenvalue weighted by molar-refractivity contribution is 6.31. The standard InChI is InChI=1S/C18H19Cl/c1-13(2)16-11-12-18(19)17(14(16)3)10-9-15-7-5-4-6-8-15/h4-8,11-12H,1,9-10H2,2-3H3. The van der Waals surface area contributed by atoms with Crippen LogP contribution in [0.4, 0.5) is 0 Å². The zero-order valence-electron chi connectivity index (χ0n) is 11.5. The van der Waals surface area contributed by atoms with Gasteiger partial charge in [0, 0.05) is 5.02 Å². The molecule has 2 rings (SSSR count). The molecule has 98 valence electrons. The van der Waals surface area contributed by atoms with Gasteiger partial charge in [-0.3, -0.25) is 0 Å². The number of benzene rings is 2. The monoisotopic (exact) mass is 270 g/mol. The van der Waals surface area contributed by atoms with E-state index in [0.717, 1.165) is 23.4 Å². The van der Waals surface area contributed by atoms with Gasteiger partial charge in [-0.15, -0.1) is 0 Å². The third-order valence-corrected chi connectivity index (χ3v) is 3.86. The maximum absolute atomic E-state index is 6.34.